The molecule has 2 N–H and O–H groups in total. The normalized spacial score (nSPS) is 10.4. The molecule has 0 atom stereocenters. The summed E-state index contributed by atoms with van der Waals surface area (Å²) in [5.41, 5.74) is 5.34. The Morgan fingerprint density at radius 1 is 1.00 bits per heavy atom. The lowest BCUT2D eigenvalue weighted by molar-refractivity contribution is 0.399. The molecule has 18 heavy (non-hydrogen) atoms. The maximum absolute atomic E-state index is 13.5. The van der Waals surface area contributed by atoms with E-state index in [4.69, 9.17) is 10.5 Å². The smallest absolute Gasteiger partial charge is 0.203 e. The summed E-state index contributed by atoms with van der Waals surface area (Å²) in [5.74, 6) is -3.86. The third kappa shape index (κ3) is 2.43. The van der Waals surface area contributed by atoms with Gasteiger partial charge in [0.1, 0.15) is 0 Å². The Hall–Kier alpha value is -1.69. The summed E-state index contributed by atoms with van der Waals surface area (Å²) in [4.78, 5) is 0. The Labute approximate surface area is 109 Å². The van der Waals surface area contributed by atoms with E-state index in [-0.39, 0.29) is 11.4 Å². The second kappa shape index (κ2) is 4.89. The van der Waals surface area contributed by atoms with Crippen molar-refractivity contribution in [3.05, 3.63) is 52.3 Å². The van der Waals surface area contributed by atoms with E-state index in [9.17, 15) is 13.2 Å². The molecule has 0 unspecified atom stereocenters. The molecule has 2 aromatic carbocycles. The van der Waals surface area contributed by atoms with E-state index in [0.29, 0.717) is 4.47 Å². The summed E-state index contributed by atoms with van der Waals surface area (Å²) in [6.07, 6.45) is 0. The third-order valence-corrected chi connectivity index (χ3v) is 2.68. The molecule has 0 heterocycles. The van der Waals surface area contributed by atoms with Gasteiger partial charge < -0.3 is 10.5 Å². The quantitative estimate of drug-likeness (QED) is 0.841. The molecule has 2 nitrogen and oxygen atoms in total. The third-order valence-electron chi connectivity index (χ3n) is 2.19. The molecule has 0 spiro atoms. The zero-order valence-corrected chi connectivity index (χ0v) is 10.5. The van der Waals surface area contributed by atoms with E-state index < -0.39 is 23.2 Å². The standard InChI is InChI=1S/C12H7BrF3NO/c13-6-1-2-7(14)10(5-6)18-12-9(17)4-3-8(15)11(12)16/h1-5H,17H2. The Balaban J connectivity index is 2.46. The Kier molecular flexibility index (Phi) is 3.47. The second-order valence-corrected chi connectivity index (χ2v) is 4.37. The number of hydrogen-bond acceptors (Lipinski definition) is 2. The lowest BCUT2D eigenvalue weighted by Gasteiger charge is -2.10. The lowest BCUT2D eigenvalue weighted by Crippen LogP contribution is -1.99. The Morgan fingerprint density at radius 3 is 2.39 bits per heavy atom. The molecule has 0 bridgehead atoms. The average molecular weight is 318 g/mol. The fourth-order valence-corrected chi connectivity index (χ4v) is 1.66. The van der Waals surface area contributed by atoms with Gasteiger partial charge in [-0.2, -0.15) is 4.39 Å². The maximum Gasteiger partial charge on any atom is 0.203 e. The summed E-state index contributed by atoms with van der Waals surface area (Å²) in [6.45, 7) is 0. The van der Waals surface area contributed by atoms with Gasteiger partial charge in [0.15, 0.2) is 23.1 Å². The van der Waals surface area contributed by atoms with Crippen LogP contribution in [0, 0.1) is 17.5 Å². The lowest BCUT2D eigenvalue weighted by atomic mass is 10.2. The fraction of sp³-hybridized carbons (Fsp3) is 0. The number of hydrogen-bond donors (Lipinski definition) is 1. The minimum atomic E-state index is -1.26. The molecule has 2 rings (SSSR count). The van der Waals surface area contributed by atoms with Crippen molar-refractivity contribution in [1.82, 2.24) is 0 Å². The van der Waals surface area contributed by atoms with Gasteiger partial charge in [-0.3, -0.25) is 0 Å². The van der Waals surface area contributed by atoms with Crippen molar-refractivity contribution in [2.75, 3.05) is 5.73 Å². The van der Waals surface area contributed by atoms with Crippen LogP contribution in [0.5, 0.6) is 11.5 Å². The average Bonchev–Trinajstić information content (AvgIpc) is 2.34. The van der Waals surface area contributed by atoms with E-state index in [2.05, 4.69) is 15.9 Å². The molecule has 0 aliphatic carbocycles. The number of halogens is 4. The molecular formula is C12H7BrF3NO. The summed E-state index contributed by atoms with van der Waals surface area (Å²) in [5, 5.41) is 0. The summed E-state index contributed by atoms with van der Waals surface area (Å²) < 4.78 is 45.4. The van der Waals surface area contributed by atoms with Crippen LogP contribution in [0.4, 0.5) is 18.9 Å². The van der Waals surface area contributed by atoms with Crippen molar-refractivity contribution in [3.63, 3.8) is 0 Å². The van der Waals surface area contributed by atoms with Crippen LogP contribution in [-0.2, 0) is 0 Å². The predicted molar refractivity (Wildman–Crippen MR) is 64.9 cm³/mol. The van der Waals surface area contributed by atoms with Crippen LogP contribution >= 0.6 is 15.9 Å². The van der Waals surface area contributed by atoms with E-state index >= 15 is 0 Å². The van der Waals surface area contributed by atoms with Crippen molar-refractivity contribution in [1.29, 1.82) is 0 Å². The van der Waals surface area contributed by atoms with Gasteiger partial charge in [0.2, 0.25) is 5.82 Å². The minimum Gasteiger partial charge on any atom is -0.449 e. The minimum absolute atomic E-state index is 0.117. The first-order valence-corrected chi connectivity index (χ1v) is 5.64. The number of ether oxygens (including phenoxy) is 1. The van der Waals surface area contributed by atoms with Gasteiger partial charge in [-0.1, -0.05) is 15.9 Å². The zero-order chi connectivity index (χ0) is 13.3. The van der Waals surface area contributed by atoms with Gasteiger partial charge in [-0.05, 0) is 30.3 Å². The molecule has 0 saturated heterocycles. The van der Waals surface area contributed by atoms with Crippen molar-refractivity contribution in [2.24, 2.45) is 0 Å². The molecule has 0 radical (unpaired) electrons. The highest BCUT2D eigenvalue weighted by Gasteiger charge is 2.16. The van der Waals surface area contributed by atoms with Crippen LogP contribution in [-0.4, -0.2) is 0 Å². The molecule has 0 aliphatic rings. The number of nitrogen functional groups attached to an aromatic ring is 1. The highest BCUT2D eigenvalue weighted by atomic mass is 79.9. The van der Waals surface area contributed by atoms with Crippen LogP contribution in [0.1, 0.15) is 0 Å². The van der Waals surface area contributed by atoms with Gasteiger partial charge in [0.05, 0.1) is 5.69 Å². The number of nitrogens with two attached hydrogens (primary N) is 1. The molecule has 94 valence electrons. The second-order valence-electron chi connectivity index (χ2n) is 3.46. The Bertz CT molecular complexity index is 604. The molecule has 2 aromatic rings. The Morgan fingerprint density at radius 2 is 1.67 bits per heavy atom. The predicted octanol–water partition coefficient (Wildman–Crippen LogP) is 4.24. The summed E-state index contributed by atoms with van der Waals surface area (Å²) in [7, 11) is 0. The number of benzene rings is 2. The van der Waals surface area contributed by atoms with E-state index in [1.54, 1.807) is 0 Å². The first-order valence-electron chi connectivity index (χ1n) is 4.85. The molecule has 0 aliphatic heterocycles. The molecule has 0 fully saturated rings. The molecule has 6 heteroatoms. The molecule has 0 saturated carbocycles. The van der Waals surface area contributed by atoms with Gasteiger partial charge in [0, 0.05) is 4.47 Å². The van der Waals surface area contributed by atoms with Gasteiger partial charge in [-0.15, -0.1) is 0 Å². The monoisotopic (exact) mass is 317 g/mol. The number of rotatable bonds is 2. The fourth-order valence-electron chi connectivity index (χ4n) is 1.32. The van der Waals surface area contributed by atoms with E-state index in [1.807, 2.05) is 0 Å². The van der Waals surface area contributed by atoms with Crippen LogP contribution in [0.3, 0.4) is 0 Å². The van der Waals surface area contributed by atoms with E-state index in [1.165, 1.54) is 12.1 Å². The SMILES string of the molecule is Nc1ccc(F)c(F)c1Oc1cc(Br)ccc1F. The summed E-state index contributed by atoms with van der Waals surface area (Å²) >= 11 is 3.12. The number of anilines is 1. The van der Waals surface area contributed by atoms with Crippen LogP contribution in [0.2, 0.25) is 0 Å². The van der Waals surface area contributed by atoms with Gasteiger partial charge >= 0.3 is 0 Å². The topological polar surface area (TPSA) is 35.2 Å². The highest BCUT2D eigenvalue weighted by molar-refractivity contribution is 9.10. The van der Waals surface area contributed by atoms with Crippen LogP contribution < -0.4 is 10.5 Å². The first kappa shape index (κ1) is 12.8. The van der Waals surface area contributed by atoms with Crippen molar-refractivity contribution in [3.8, 4) is 11.5 Å². The van der Waals surface area contributed by atoms with Crippen molar-refractivity contribution < 1.29 is 17.9 Å². The van der Waals surface area contributed by atoms with E-state index in [0.717, 1.165) is 18.2 Å². The van der Waals surface area contributed by atoms with Crippen molar-refractivity contribution in [2.45, 2.75) is 0 Å². The summed E-state index contributed by atoms with van der Waals surface area (Å²) in [6, 6.07) is 5.89. The largest absolute Gasteiger partial charge is 0.449 e. The van der Waals surface area contributed by atoms with Crippen molar-refractivity contribution >= 4 is 21.6 Å². The molecule has 0 aromatic heterocycles. The van der Waals surface area contributed by atoms with Crippen LogP contribution in [0.15, 0.2) is 34.8 Å². The first-order chi connectivity index (χ1) is 8.49. The van der Waals surface area contributed by atoms with Gasteiger partial charge in [0.25, 0.3) is 0 Å². The molecular weight excluding hydrogens is 311 g/mol. The van der Waals surface area contributed by atoms with Gasteiger partial charge in [-0.25, -0.2) is 8.78 Å². The molecule has 0 amide bonds. The highest BCUT2D eigenvalue weighted by Crippen LogP contribution is 2.34. The zero-order valence-electron chi connectivity index (χ0n) is 8.88. The van der Waals surface area contributed by atoms with Crippen LogP contribution in [0.25, 0.3) is 0 Å². The maximum atomic E-state index is 13.5.